The van der Waals surface area contributed by atoms with Crippen LogP contribution < -0.4 is 11.1 Å². The van der Waals surface area contributed by atoms with E-state index in [0.717, 1.165) is 12.8 Å². The van der Waals surface area contributed by atoms with Gasteiger partial charge in [0, 0.05) is 29.7 Å². The molecule has 0 aliphatic carbocycles. The van der Waals surface area contributed by atoms with Gasteiger partial charge in [0.05, 0.1) is 11.3 Å². The van der Waals surface area contributed by atoms with Crippen LogP contribution in [0.3, 0.4) is 0 Å². The van der Waals surface area contributed by atoms with Gasteiger partial charge < -0.3 is 16.0 Å². The first kappa shape index (κ1) is 19.4. The molecular formula is C21H24ClN3O2. The van der Waals surface area contributed by atoms with Gasteiger partial charge in [-0.05, 0) is 62.1 Å². The second-order valence-electron chi connectivity index (χ2n) is 7.02. The molecule has 0 bridgehead atoms. The van der Waals surface area contributed by atoms with Gasteiger partial charge in [0.15, 0.2) is 0 Å². The fraction of sp³-hybridized carbons (Fsp3) is 0.333. The van der Waals surface area contributed by atoms with Crippen molar-refractivity contribution in [1.82, 2.24) is 4.90 Å². The van der Waals surface area contributed by atoms with Crippen LogP contribution in [0.15, 0.2) is 48.5 Å². The van der Waals surface area contributed by atoms with Crippen LogP contribution in [0, 0.1) is 5.92 Å². The molecule has 2 unspecified atom stereocenters. The maximum Gasteiger partial charge on any atom is 0.255 e. The molecule has 27 heavy (non-hydrogen) atoms. The van der Waals surface area contributed by atoms with E-state index in [-0.39, 0.29) is 17.9 Å². The lowest BCUT2D eigenvalue weighted by molar-refractivity contribution is 0.0662. The van der Waals surface area contributed by atoms with Crippen molar-refractivity contribution in [2.24, 2.45) is 11.7 Å². The number of halogens is 1. The third-order valence-electron chi connectivity index (χ3n) is 5.00. The molecule has 1 aliphatic heterocycles. The molecule has 1 aliphatic rings. The molecule has 0 saturated carbocycles. The van der Waals surface area contributed by atoms with Gasteiger partial charge in [0.1, 0.15) is 0 Å². The Balaban J connectivity index is 1.78. The van der Waals surface area contributed by atoms with Crippen molar-refractivity contribution in [3.05, 3.63) is 64.7 Å². The Hall–Kier alpha value is -2.37. The topological polar surface area (TPSA) is 75.4 Å². The van der Waals surface area contributed by atoms with Crippen LogP contribution in [0.2, 0.25) is 5.02 Å². The van der Waals surface area contributed by atoms with Gasteiger partial charge in [-0.15, -0.1) is 0 Å². The summed E-state index contributed by atoms with van der Waals surface area (Å²) in [5.74, 6) is -0.0510. The standard InChI is InChI=1S/C21H24ClN3O2/c1-14(23)16-5-4-12-25(13-16)21(27)18-6-2-3-7-19(18)24-20(26)15-8-10-17(22)11-9-15/h2-3,6-11,14,16H,4-5,12-13,23H2,1H3,(H,24,26). The number of carbonyl (C=O) groups is 2. The molecule has 2 aromatic rings. The fourth-order valence-electron chi connectivity index (χ4n) is 3.37. The molecule has 5 nitrogen and oxygen atoms in total. The number of benzene rings is 2. The van der Waals surface area contributed by atoms with E-state index >= 15 is 0 Å². The number of nitrogens with two attached hydrogens (primary N) is 1. The van der Waals surface area contributed by atoms with Crippen LogP contribution in [0.1, 0.15) is 40.5 Å². The van der Waals surface area contributed by atoms with E-state index < -0.39 is 0 Å². The summed E-state index contributed by atoms with van der Waals surface area (Å²) >= 11 is 5.87. The van der Waals surface area contributed by atoms with Crippen LogP contribution in [0.5, 0.6) is 0 Å². The molecule has 2 amide bonds. The number of piperidine rings is 1. The first-order valence-corrected chi connectivity index (χ1v) is 9.54. The van der Waals surface area contributed by atoms with Crippen molar-refractivity contribution in [3.8, 4) is 0 Å². The van der Waals surface area contributed by atoms with Gasteiger partial charge in [-0.3, -0.25) is 9.59 Å². The molecule has 0 radical (unpaired) electrons. The third kappa shape index (κ3) is 4.67. The maximum absolute atomic E-state index is 13.1. The number of nitrogens with zero attached hydrogens (tertiary/aromatic N) is 1. The van der Waals surface area contributed by atoms with Crippen LogP contribution >= 0.6 is 11.6 Å². The third-order valence-corrected chi connectivity index (χ3v) is 5.25. The van der Waals surface area contributed by atoms with E-state index in [9.17, 15) is 9.59 Å². The van der Waals surface area contributed by atoms with E-state index in [1.807, 2.05) is 11.8 Å². The zero-order valence-corrected chi connectivity index (χ0v) is 16.1. The van der Waals surface area contributed by atoms with Crippen LogP contribution in [-0.4, -0.2) is 35.8 Å². The molecule has 1 heterocycles. The van der Waals surface area contributed by atoms with E-state index in [0.29, 0.717) is 40.8 Å². The number of para-hydroxylation sites is 1. The van der Waals surface area contributed by atoms with Gasteiger partial charge in [0.25, 0.3) is 11.8 Å². The summed E-state index contributed by atoms with van der Waals surface area (Å²) in [5.41, 5.74) is 7.51. The Morgan fingerprint density at radius 3 is 2.59 bits per heavy atom. The minimum Gasteiger partial charge on any atom is -0.338 e. The Kier molecular flexibility index (Phi) is 6.14. The van der Waals surface area contributed by atoms with Crippen molar-refractivity contribution >= 4 is 29.1 Å². The zero-order chi connectivity index (χ0) is 19.4. The average Bonchev–Trinajstić information content (AvgIpc) is 2.68. The van der Waals surface area contributed by atoms with Crippen LogP contribution in [-0.2, 0) is 0 Å². The number of nitrogens with one attached hydrogen (secondary N) is 1. The van der Waals surface area contributed by atoms with Gasteiger partial charge in [-0.1, -0.05) is 23.7 Å². The number of rotatable bonds is 4. The van der Waals surface area contributed by atoms with E-state index in [1.54, 1.807) is 48.5 Å². The molecule has 1 fully saturated rings. The predicted molar refractivity (Wildman–Crippen MR) is 108 cm³/mol. The first-order chi connectivity index (χ1) is 13.0. The molecule has 0 spiro atoms. The molecule has 142 valence electrons. The minimum atomic E-state index is -0.279. The quantitative estimate of drug-likeness (QED) is 0.840. The van der Waals surface area contributed by atoms with Gasteiger partial charge >= 0.3 is 0 Å². The van der Waals surface area contributed by atoms with Crippen molar-refractivity contribution in [3.63, 3.8) is 0 Å². The van der Waals surface area contributed by atoms with Crippen molar-refractivity contribution in [2.45, 2.75) is 25.8 Å². The average molecular weight is 386 g/mol. The second kappa shape index (κ2) is 8.55. The number of likely N-dealkylation sites (tertiary alicyclic amines) is 1. The highest BCUT2D eigenvalue weighted by Crippen LogP contribution is 2.24. The zero-order valence-electron chi connectivity index (χ0n) is 15.3. The molecule has 2 aromatic carbocycles. The highest BCUT2D eigenvalue weighted by molar-refractivity contribution is 6.30. The summed E-state index contributed by atoms with van der Waals surface area (Å²) in [7, 11) is 0. The largest absolute Gasteiger partial charge is 0.338 e. The maximum atomic E-state index is 13.1. The Morgan fingerprint density at radius 2 is 1.89 bits per heavy atom. The Morgan fingerprint density at radius 1 is 1.19 bits per heavy atom. The van der Waals surface area contributed by atoms with Crippen LogP contribution in [0.25, 0.3) is 0 Å². The van der Waals surface area contributed by atoms with Crippen molar-refractivity contribution in [1.29, 1.82) is 0 Å². The molecular weight excluding hydrogens is 362 g/mol. The van der Waals surface area contributed by atoms with Crippen LogP contribution in [0.4, 0.5) is 5.69 Å². The van der Waals surface area contributed by atoms with Gasteiger partial charge in [-0.2, -0.15) is 0 Å². The van der Waals surface area contributed by atoms with E-state index in [1.165, 1.54) is 0 Å². The summed E-state index contributed by atoms with van der Waals surface area (Å²) in [6.45, 7) is 3.34. The number of carbonyl (C=O) groups excluding carboxylic acids is 2. The smallest absolute Gasteiger partial charge is 0.255 e. The minimum absolute atomic E-state index is 0.0560. The number of hydrogen-bond acceptors (Lipinski definition) is 3. The van der Waals surface area contributed by atoms with E-state index in [4.69, 9.17) is 17.3 Å². The number of hydrogen-bond donors (Lipinski definition) is 2. The fourth-order valence-corrected chi connectivity index (χ4v) is 3.49. The summed E-state index contributed by atoms with van der Waals surface area (Å²) in [6.07, 6.45) is 1.98. The summed E-state index contributed by atoms with van der Waals surface area (Å²) in [5, 5.41) is 3.41. The second-order valence-corrected chi connectivity index (χ2v) is 7.46. The number of anilines is 1. The normalized spacial score (nSPS) is 18.0. The highest BCUT2D eigenvalue weighted by Gasteiger charge is 2.27. The summed E-state index contributed by atoms with van der Waals surface area (Å²) in [4.78, 5) is 27.4. The summed E-state index contributed by atoms with van der Waals surface area (Å²) in [6, 6.07) is 13.8. The lowest BCUT2D eigenvalue weighted by Crippen LogP contribution is -2.45. The van der Waals surface area contributed by atoms with Crippen molar-refractivity contribution < 1.29 is 9.59 Å². The SMILES string of the molecule is CC(N)C1CCCN(C(=O)c2ccccc2NC(=O)c2ccc(Cl)cc2)C1. The van der Waals surface area contributed by atoms with Gasteiger partial charge in [-0.25, -0.2) is 0 Å². The molecule has 0 aromatic heterocycles. The highest BCUT2D eigenvalue weighted by atomic mass is 35.5. The predicted octanol–water partition coefficient (Wildman–Crippen LogP) is 3.79. The molecule has 1 saturated heterocycles. The van der Waals surface area contributed by atoms with E-state index in [2.05, 4.69) is 5.32 Å². The van der Waals surface area contributed by atoms with Crippen molar-refractivity contribution in [2.75, 3.05) is 18.4 Å². The molecule has 3 N–H and O–H groups in total. The summed E-state index contributed by atoms with van der Waals surface area (Å²) < 4.78 is 0. The molecule has 2 atom stereocenters. The first-order valence-electron chi connectivity index (χ1n) is 9.16. The Bertz CT molecular complexity index is 820. The number of amides is 2. The molecule has 3 rings (SSSR count). The molecule has 6 heteroatoms. The lowest BCUT2D eigenvalue weighted by atomic mass is 9.91. The Labute approximate surface area is 164 Å². The van der Waals surface area contributed by atoms with Gasteiger partial charge in [0.2, 0.25) is 0 Å². The monoisotopic (exact) mass is 385 g/mol. The lowest BCUT2D eigenvalue weighted by Gasteiger charge is -2.35.